The first-order valence-electron chi connectivity index (χ1n) is 3.36. The minimum atomic E-state index is -1.22. The second kappa shape index (κ2) is 2.84. The van der Waals surface area contributed by atoms with E-state index >= 15 is 0 Å². The van der Waals surface area contributed by atoms with E-state index in [0.29, 0.717) is 6.42 Å². The van der Waals surface area contributed by atoms with E-state index in [4.69, 9.17) is 20.1 Å². The Morgan fingerprint density at radius 2 is 1.80 bits per heavy atom. The summed E-state index contributed by atoms with van der Waals surface area (Å²) in [5.74, 6) is 0. The molecule has 1 heterocycles. The van der Waals surface area contributed by atoms with Gasteiger partial charge in [-0.1, -0.05) is 6.92 Å². The SMILES string of the molecule is CC[C@@H]1OC(O)[C@@H](O)[C@@H]1O. The second-order valence-corrected chi connectivity index (χ2v) is 2.45. The fourth-order valence-electron chi connectivity index (χ4n) is 1.07. The number of aliphatic hydroxyl groups excluding tert-OH is 3. The molecule has 0 aromatic heterocycles. The molecule has 0 spiro atoms. The van der Waals surface area contributed by atoms with E-state index in [2.05, 4.69) is 0 Å². The Morgan fingerprint density at radius 1 is 1.20 bits per heavy atom. The fraction of sp³-hybridized carbons (Fsp3) is 1.00. The molecule has 0 radical (unpaired) electrons. The number of aliphatic hydroxyl groups is 3. The van der Waals surface area contributed by atoms with Gasteiger partial charge in [-0.15, -0.1) is 0 Å². The lowest BCUT2D eigenvalue weighted by atomic mass is 10.1. The van der Waals surface area contributed by atoms with E-state index in [1.54, 1.807) is 0 Å². The summed E-state index contributed by atoms with van der Waals surface area (Å²) in [6.45, 7) is 1.82. The van der Waals surface area contributed by atoms with Crippen molar-refractivity contribution in [3.63, 3.8) is 0 Å². The van der Waals surface area contributed by atoms with Gasteiger partial charge >= 0.3 is 0 Å². The molecule has 1 fully saturated rings. The molecular formula is C6H12O4. The van der Waals surface area contributed by atoms with E-state index in [-0.39, 0.29) is 0 Å². The van der Waals surface area contributed by atoms with Crippen LogP contribution in [0.25, 0.3) is 0 Å². The topological polar surface area (TPSA) is 69.9 Å². The van der Waals surface area contributed by atoms with Crippen LogP contribution in [0.15, 0.2) is 0 Å². The summed E-state index contributed by atoms with van der Waals surface area (Å²) in [4.78, 5) is 0. The molecule has 0 bridgehead atoms. The molecule has 4 heteroatoms. The molecule has 1 saturated heterocycles. The summed E-state index contributed by atoms with van der Waals surface area (Å²) in [5, 5.41) is 26.9. The zero-order chi connectivity index (χ0) is 7.72. The molecule has 0 amide bonds. The Hall–Kier alpha value is -0.160. The Morgan fingerprint density at radius 3 is 2.00 bits per heavy atom. The molecule has 3 N–H and O–H groups in total. The molecule has 60 valence electrons. The van der Waals surface area contributed by atoms with Crippen LogP contribution in [0.3, 0.4) is 0 Å². The quantitative estimate of drug-likeness (QED) is 0.438. The first-order valence-corrected chi connectivity index (χ1v) is 3.36. The Kier molecular flexibility index (Phi) is 2.25. The third kappa shape index (κ3) is 1.15. The minimum absolute atomic E-state index is 0.426. The fourth-order valence-corrected chi connectivity index (χ4v) is 1.07. The molecule has 1 unspecified atom stereocenters. The summed E-state index contributed by atoms with van der Waals surface area (Å²) in [7, 11) is 0. The van der Waals surface area contributed by atoms with Crippen molar-refractivity contribution in [2.24, 2.45) is 0 Å². The molecule has 4 nitrogen and oxygen atoms in total. The van der Waals surface area contributed by atoms with Gasteiger partial charge in [0, 0.05) is 0 Å². The minimum Gasteiger partial charge on any atom is -0.387 e. The lowest BCUT2D eigenvalue weighted by molar-refractivity contribution is -0.127. The van der Waals surface area contributed by atoms with E-state index in [0.717, 1.165) is 0 Å². The van der Waals surface area contributed by atoms with Gasteiger partial charge in [0.2, 0.25) is 0 Å². The number of hydrogen-bond acceptors (Lipinski definition) is 4. The van der Waals surface area contributed by atoms with E-state index < -0.39 is 24.6 Å². The highest BCUT2D eigenvalue weighted by molar-refractivity contribution is 4.84. The lowest BCUT2D eigenvalue weighted by Crippen LogP contribution is -2.31. The highest BCUT2D eigenvalue weighted by atomic mass is 16.6. The van der Waals surface area contributed by atoms with Crippen LogP contribution in [0.1, 0.15) is 13.3 Å². The Balaban J connectivity index is 2.53. The maximum absolute atomic E-state index is 9.09. The molecule has 4 atom stereocenters. The highest BCUT2D eigenvalue weighted by Gasteiger charge is 2.40. The van der Waals surface area contributed by atoms with Crippen molar-refractivity contribution < 1.29 is 20.1 Å². The summed E-state index contributed by atoms with van der Waals surface area (Å²) >= 11 is 0. The average molecular weight is 148 g/mol. The van der Waals surface area contributed by atoms with Crippen molar-refractivity contribution in [3.8, 4) is 0 Å². The summed E-state index contributed by atoms with van der Waals surface area (Å²) < 4.78 is 4.79. The van der Waals surface area contributed by atoms with E-state index in [1.807, 2.05) is 6.92 Å². The standard InChI is InChI=1S/C6H12O4/c1-2-3-4(7)5(8)6(9)10-3/h3-9H,2H2,1H3/t3-,4+,5-,6?/m0/s1. The van der Waals surface area contributed by atoms with Gasteiger partial charge in [-0.25, -0.2) is 0 Å². The van der Waals surface area contributed by atoms with Crippen LogP contribution in [-0.2, 0) is 4.74 Å². The number of ether oxygens (including phenoxy) is 1. The van der Waals surface area contributed by atoms with Crippen LogP contribution in [0.4, 0.5) is 0 Å². The van der Waals surface area contributed by atoms with Crippen LogP contribution in [0.2, 0.25) is 0 Å². The molecule has 0 aromatic rings. The molecule has 0 aliphatic carbocycles. The van der Waals surface area contributed by atoms with Gasteiger partial charge in [0.1, 0.15) is 12.2 Å². The van der Waals surface area contributed by atoms with Crippen LogP contribution in [-0.4, -0.2) is 39.9 Å². The maximum atomic E-state index is 9.09. The zero-order valence-electron chi connectivity index (χ0n) is 5.77. The van der Waals surface area contributed by atoms with Crippen molar-refractivity contribution in [3.05, 3.63) is 0 Å². The molecule has 1 aliphatic heterocycles. The van der Waals surface area contributed by atoms with Gasteiger partial charge in [0.05, 0.1) is 6.10 Å². The van der Waals surface area contributed by atoms with Crippen molar-refractivity contribution >= 4 is 0 Å². The summed E-state index contributed by atoms with van der Waals surface area (Å²) in [6, 6.07) is 0. The largest absolute Gasteiger partial charge is 0.387 e. The number of rotatable bonds is 1. The third-order valence-corrected chi connectivity index (χ3v) is 1.74. The van der Waals surface area contributed by atoms with Crippen molar-refractivity contribution in [1.29, 1.82) is 0 Å². The van der Waals surface area contributed by atoms with Gasteiger partial charge in [0.25, 0.3) is 0 Å². The monoisotopic (exact) mass is 148 g/mol. The Bertz CT molecular complexity index is 116. The first kappa shape index (κ1) is 7.94. The van der Waals surface area contributed by atoms with Gasteiger partial charge in [-0.05, 0) is 6.42 Å². The predicted octanol–water partition coefficient (Wildman–Crippen LogP) is -1.16. The molecule has 0 saturated carbocycles. The van der Waals surface area contributed by atoms with Crippen LogP contribution < -0.4 is 0 Å². The molecule has 1 rings (SSSR count). The predicted molar refractivity (Wildman–Crippen MR) is 33.2 cm³/mol. The normalized spacial score (nSPS) is 48.0. The number of hydrogen-bond donors (Lipinski definition) is 3. The maximum Gasteiger partial charge on any atom is 0.183 e. The summed E-state index contributed by atoms with van der Waals surface area (Å²) in [6.07, 6.45) is -3.15. The average Bonchev–Trinajstić information content (AvgIpc) is 2.17. The Labute approximate surface area is 59.1 Å². The van der Waals surface area contributed by atoms with E-state index in [9.17, 15) is 0 Å². The van der Waals surface area contributed by atoms with Crippen LogP contribution in [0.5, 0.6) is 0 Å². The van der Waals surface area contributed by atoms with Crippen molar-refractivity contribution in [2.75, 3.05) is 0 Å². The first-order chi connectivity index (χ1) is 4.66. The second-order valence-electron chi connectivity index (χ2n) is 2.45. The van der Waals surface area contributed by atoms with E-state index in [1.165, 1.54) is 0 Å². The molecular weight excluding hydrogens is 136 g/mol. The van der Waals surface area contributed by atoms with Crippen LogP contribution >= 0.6 is 0 Å². The molecule has 10 heavy (non-hydrogen) atoms. The summed E-state index contributed by atoms with van der Waals surface area (Å²) in [5.41, 5.74) is 0. The van der Waals surface area contributed by atoms with Crippen molar-refractivity contribution in [1.82, 2.24) is 0 Å². The smallest absolute Gasteiger partial charge is 0.183 e. The molecule has 1 aliphatic rings. The third-order valence-electron chi connectivity index (χ3n) is 1.74. The van der Waals surface area contributed by atoms with Gasteiger partial charge < -0.3 is 20.1 Å². The molecule has 0 aromatic carbocycles. The van der Waals surface area contributed by atoms with Gasteiger partial charge in [-0.2, -0.15) is 0 Å². The zero-order valence-corrected chi connectivity index (χ0v) is 5.77. The highest BCUT2D eigenvalue weighted by Crippen LogP contribution is 2.21. The van der Waals surface area contributed by atoms with Crippen LogP contribution in [0, 0.1) is 0 Å². The van der Waals surface area contributed by atoms with Crippen molar-refractivity contribution in [2.45, 2.75) is 37.9 Å². The lowest BCUT2D eigenvalue weighted by Gasteiger charge is -2.10. The van der Waals surface area contributed by atoms with Gasteiger partial charge in [0.15, 0.2) is 6.29 Å². The van der Waals surface area contributed by atoms with Gasteiger partial charge in [-0.3, -0.25) is 0 Å².